The second kappa shape index (κ2) is 9.66. The number of halogens is 1. The van der Waals surface area contributed by atoms with Gasteiger partial charge in [-0.15, -0.1) is 0 Å². The first-order valence-corrected chi connectivity index (χ1v) is 11.7. The third-order valence-corrected chi connectivity index (χ3v) is 7.83. The molecule has 0 bridgehead atoms. The minimum atomic E-state index is -4.00. The van der Waals surface area contributed by atoms with Crippen molar-refractivity contribution in [3.8, 4) is 0 Å². The first kappa shape index (κ1) is 22.4. The Hall–Kier alpha value is -2.32. The maximum absolute atomic E-state index is 13.0. The van der Waals surface area contributed by atoms with Gasteiger partial charge in [0.25, 0.3) is 0 Å². The number of carbonyl (C=O) groups is 1. The lowest BCUT2D eigenvalue weighted by atomic mass is 10.1. The molecule has 0 radical (unpaired) electrons. The molecule has 1 atom stereocenters. The fraction of sp³-hybridized carbons (Fsp3) is 0.136. The van der Waals surface area contributed by atoms with Crippen molar-refractivity contribution in [1.29, 1.82) is 0 Å². The highest BCUT2D eigenvalue weighted by molar-refractivity contribution is 7.99. The molecule has 156 valence electrons. The predicted molar refractivity (Wildman–Crippen MR) is 119 cm³/mol. The highest BCUT2D eigenvalue weighted by Gasteiger charge is 2.33. The molecule has 30 heavy (non-hydrogen) atoms. The topological polar surface area (TPSA) is 74.7 Å². The Labute approximate surface area is 185 Å². The highest BCUT2D eigenvalue weighted by Crippen LogP contribution is 2.31. The average molecular weight is 462 g/mol. The molecule has 0 aliphatic heterocycles. The molecule has 0 spiro atoms. The SMILES string of the molecule is CN([C@H](Cc1ccccc1Sc1ccccc1)C(=O)O)S(=O)(=O)c1ccc(Cl)cc1. The zero-order chi connectivity index (χ0) is 21.7. The van der Waals surface area contributed by atoms with Crippen LogP contribution in [0.2, 0.25) is 5.02 Å². The van der Waals surface area contributed by atoms with E-state index in [0.717, 1.165) is 19.7 Å². The van der Waals surface area contributed by atoms with Gasteiger partial charge in [-0.05, 0) is 48.0 Å². The summed E-state index contributed by atoms with van der Waals surface area (Å²) in [4.78, 5) is 13.9. The van der Waals surface area contributed by atoms with Crippen molar-refractivity contribution in [1.82, 2.24) is 4.31 Å². The average Bonchev–Trinajstić information content (AvgIpc) is 2.73. The van der Waals surface area contributed by atoms with Gasteiger partial charge in [0.05, 0.1) is 4.90 Å². The van der Waals surface area contributed by atoms with Crippen molar-refractivity contribution in [3.05, 3.63) is 89.4 Å². The van der Waals surface area contributed by atoms with Crippen LogP contribution >= 0.6 is 23.4 Å². The summed E-state index contributed by atoms with van der Waals surface area (Å²) >= 11 is 7.35. The van der Waals surface area contributed by atoms with Crippen LogP contribution in [0.4, 0.5) is 0 Å². The largest absolute Gasteiger partial charge is 0.480 e. The molecule has 1 N–H and O–H groups in total. The number of likely N-dealkylation sites (N-methyl/N-ethyl adjacent to an activating group) is 1. The van der Waals surface area contributed by atoms with Crippen molar-refractivity contribution in [2.75, 3.05) is 7.05 Å². The number of hydrogen-bond acceptors (Lipinski definition) is 4. The van der Waals surface area contributed by atoms with Crippen LogP contribution < -0.4 is 0 Å². The Bertz CT molecular complexity index is 1120. The van der Waals surface area contributed by atoms with Gasteiger partial charge in [-0.2, -0.15) is 4.31 Å². The summed E-state index contributed by atoms with van der Waals surface area (Å²) in [6.07, 6.45) is 0.0364. The standard InChI is InChI=1S/C22H20ClNO4S2/c1-24(30(27,28)19-13-11-17(23)12-14-19)20(22(25)26)15-16-7-5-6-10-21(16)29-18-8-3-2-4-9-18/h2-14,20H,15H2,1H3,(H,25,26)/t20-/m1/s1. The Balaban J connectivity index is 1.89. The Kier molecular flexibility index (Phi) is 7.20. The third-order valence-electron chi connectivity index (χ3n) is 4.57. The summed E-state index contributed by atoms with van der Waals surface area (Å²) in [5, 5.41) is 10.2. The molecule has 0 aliphatic rings. The number of aliphatic carboxylic acids is 1. The number of carboxylic acid groups (broad SMARTS) is 1. The molecular weight excluding hydrogens is 442 g/mol. The van der Waals surface area contributed by atoms with Crippen LogP contribution in [0.15, 0.2) is 93.5 Å². The minimum Gasteiger partial charge on any atom is -0.480 e. The van der Waals surface area contributed by atoms with Gasteiger partial charge in [-0.25, -0.2) is 8.42 Å². The van der Waals surface area contributed by atoms with Crippen LogP contribution in [0.25, 0.3) is 0 Å². The maximum Gasteiger partial charge on any atom is 0.322 e. The molecule has 0 unspecified atom stereocenters. The number of rotatable bonds is 8. The number of hydrogen-bond donors (Lipinski definition) is 1. The van der Waals surface area contributed by atoms with E-state index in [4.69, 9.17) is 11.6 Å². The Morgan fingerprint density at radius 2 is 1.60 bits per heavy atom. The first-order valence-electron chi connectivity index (χ1n) is 9.06. The highest BCUT2D eigenvalue weighted by atomic mass is 35.5. The van der Waals surface area contributed by atoms with E-state index >= 15 is 0 Å². The number of benzene rings is 3. The number of sulfonamides is 1. The minimum absolute atomic E-state index is 0.00686. The first-order chi connectivity index (χ1) is 14.3. The molecule has 0 amide bonds. The van der Waals surface area contributed by atoms with Crippen LogP contribution in [-0.2, 0) is 21.2 Å². The molecule has 0 aromatic heterocycles. The molecule has 5 nitrogen and oxygen atoms in total. The second-order valence-electron chi connectivity index (χ2n) is 6.56. The van der Waals surface area contributed by atoms with Gasteiger partial charge in [0, 0.05) is 28.3 Å². The van der Waals surface area contributed by atoms with Gasteiger partial charge in [-0.1, -0.05) is 59.8 Å². The second-order valence-corrected chi connectivity index (χ2v) is 10.1. The fourth-order valence-corrected chi connectivity index (χ4v) is 5.32. The molecule has 0 aliphatic carbocycles. The van der Waals surface area contributed by atoms with Crippen LogP contribution in [0.5, 0.6) is 0 Å². The molecule has 0 saturated carbocycles. The van der Waals surface area contributed by atoms with Gasteiger partial charge < -0.3 is 5.11 Å². The number of nitrogens with zero attached hydrogens (tertiary/aromatic N) is 1. The summed E-state index contributed by atoms with van der Waals surface area (Å²) in [6, 6.07) is 21.5. The molecule has 3 rings (SSSR count). The van der Waals surface area contributed by atoms with Crippen molar-refractivity contribution in [3.63, 3.8) is 0 Å². The van der Waals surface area contributed by atoms with Gasteiger partial charge in [-0.3, -0.25) is 4.79 Å². The van der Waals surface area contributed by atoms with E-state index in [-0.39, 0.29) is 11.3 Å². The third kappa shape index (κ3) is 5.23. The summed E-state index contributed by atoms with van der Waals surface area (Å²) < 4.78 is 26.8. The monoisotopic (exact) mass is 461 g/mol. The maximum atomic E-state index is 13.0. The summed E-state index contributed by atoms with van der Waals surface area (Å²) in [7, 11) is -2.72. The van der Waals surface area contributed by atoms with E-state index in [1.165, 1.54) is 43.1 Å². The van der Waals surface area contributed by atoms with Gasteiger partial charge in [0.2, 0.25) is 10.0 Å². The van der Waals surface area contributed by atoms with E-state index in [9.17, 15) is 18.3 Å². The molecule has 3 aromatic carbocycles. The smallest absolute Gasteiger partial charge is 0.322 e. The molecule has 0 saturated heterocycles. The van der Waals surface area contributed by atoms with E-state index in [0.29, 0.717) is 5.02 Å². The summed E-state index contributed by atoms with van der Waals surface area (Å²) in [5.74, 6) is -1.21. The van der Waals surface area contributed by atoms with Crippen LogP contribution in [0.3, 0.4) is 0 Å². The summed E-state index contributed by atoms with van der Waals surface area (Å²) in [5.41, 5.74) is 0.761. The van der Waals surface area contributed by atoms with Gasteiger partial charge in [0.1, 0.15) is 6.04 Å². The van der Waals surface area contributed by atoms with Crippen molar-refractivity contribution in [2.24, 2.45) is 0 Å². The van der Waals surface area contributed by atoms with E-state index in [1.54, 1.807) is 0 Å². The number of carboxylic acids is 1. The predicted octanol–water partition coefficient (Wildman–Crippen LogP) is 4.81. The fourth-order valence-electron chi connectivity index (χ4n) is 2.91. The molecule has 8 heteroatoms. The van der Waals surface area contributed by atoms with Crippen molar-refractivity contribution >= 4 is 39.4 Å². The van der Waals surface area contributed by atoms with E-state index in [2.05, 4.69) is 0 Å². The molecular formula is C22H20ClNO4S2. The molecule has 0 fully saturated rings. The zero-order valence-electron chi connectivity index (χ0n) is 16.1. The van der Waals surface area contributed by atoms with Crippen molar-refractivity contribution < 1.29 is 18.3 Å². The molecule has 0 heterocycles. The lowest BCUT2D eigenvalue weighted by molar-refractivity contribution is -0.141. The van der Waals surface area contributed by atoms with E-state index < -0.39 is 22.0 Å². The van der Waals surface area contributed by atoms with E-state index in [1.807, 2.05) is 54.6 Å². The lowest BCUT2D eigenvalue weighted by Gasteiger charge is -2.25. The molecule has 3 aromatic rings. The lowest BCUT2D eigenvalue weighted by Crippen LogP contribution is -2.43. The quantitative estimate of drug-likeness (QED) is 0.521. The Morgan fingerprint density at radius 1 is 1.00 bits per heavy atom. The van der Waals surface area contributed by atoms with Gasteiger partial charge >= 0.3 is 5.97 Å². The van der Waals surface area contributed by atoms with Crippen LogP contribution in [0.1, 0.15) is 5.56 Å². The zero-order valence-corrected chi connectivity index (χ0v) is 18.5. The normalized spacial score (nSPS) is 12.6. The Morgan fingerprint density at radius 3 is 2.23 bits per heavy atom. The van der Waals surface area contributed by atoms with Crippen molar-refractivity contribution in [2.45, 2.75) is 27.1 Å². The van der Waals surface area contributed by atoms with Crippen LogP contribution in [0, 0.1) is 0 Å². The van der Waals surface area contributed by atoms with Gasteiger partial charge in [0.15, 0.2) is 0 Å². The summed E-state index contributed by atoms with van der Waals surface area (Å²) in [6.45, 7) is 0. The van der Waals surface area contributed by atoms with Crippen LogP contribution in [-0.4, -0.2) is 36.9 Å².